The first-order chi connectivity index (χ1) is 3.41. The smallest absolute Gasteiger partial charge is 0.368 e. The lowest BCUT2D eigenvalue weighted by atomic mass is 11.7. The molecule has 6 nitrogen and oxygen atoms in total. The van der Waals surface area contributed by atoms with Gasteiger partial charge in [0.05, 0.1) is 0 Å². The number of carbonyl (C=O) groups excluding carboxylic acids is 1. The molecule has 0 radical (unpaired) electrons. The van der Waals surface area contributed by atoms with Crippen LogP contribution in [0.15, 0.2) is 0 Å². The minimum atomic E-state index is -4.61. The predicted octanol–water partition coefficient (Wildman–Crippen LogP) is -2.71. The van der Waals surface area contributed by atoms with E-state index in [4.69, 9.17) is 29.4 Å². The Bertz CT molecular complexity index is 72.9. The molecule has 0 aromatic heterocycles. The standard InChI is InChI=1S/CHNO.H4O4Si/c2-1-3;1-5(2,3)4/h2H;1-4H. The number of rotatable bonds is 0. The highest BCUT2D eigenvalue weighted by Crippen LogP contribution is 1.67. The van der Waals surface area contributed by atoms with Crippen molar-refractivity contribution in [2.24, 2.45) is 0 Å². The van der Waals surface area contributed by atoms with E-state index in [1.807, 2.05) is 0 Å². The van der Waals surface area contributed by atoms with Crippen LogP contribution in [0.5, 0.6) is 0 Å². The van der Waals surface area contributed by atoms with E-state index in [9.17, 15) is 0 Å². The maximum atomic E-state index is 8.35. The van der Waals surface area contributed by atoms with Crippen molar-refractivity contribution in [3.05, 3.63) is 0 Å². The van der Waals surface area contributed by atoms with Gasteiger partial charge in [0, 0.05) is 0 Å². The summed E-state index contributed by atoms with van der Waals surface area (Å²) in [6, 6.07) is 0. The van der Waals surface area contributed by atoms with Crippen LogP contribution in [0, 0.1) is 5.41 Å². The zero-order valence-corrected chi connectivity index (χ0v) is 4.70. The Balaban J connectivity index is 0. The molecule has 0 bridgehead atoms. The van der Waals surface area contributed by atoms with Crippen molar-refractivity contribution in [1.82, 2.24) is 0 Å². The SMILES string of the molecule is N=C=O.O[Si](O)(O)O. The molecule has 48 valence electrons. The Kier molecular flexibility index (Phi) is 5.98. The number of hydrogen-bond acceptors (Lipinski definition) is 6. The van der Waals surface area contributed by atoms with Crippen LogP contribution >= 0.6 is 0 Å². The highest BCUT2D eigenvalue weighted by molar-refractivity contribution is 6.46. The molecule has 0 aromatic carbocycles. The van der Waals surface area contributed by atoms with Crippen molar-refractivity contribution in [3.8, 4) is 0 Å². The fraction of sp³-hybridized carbons (Fsp3) is 0. The zero-order chi connectivity index (χ0) is 7.21. The maximum Gasteiger partial charge on any atom is 0.668 e. The summed E-state index contributed by atoms with van der Waals surface area (Å²) in [5.74, 6) is 0. The summed E-state index contributed by atoms with van der Waals surface area (Å²) in [7, 11) is -4.61. The van der Waals surface area contributed by atoms with Gasteiger partial charge < -0.3 is 19.2 Å². The molecule has 0 aliphatic heterocycles. The van der Waals surface area contributed by atoms with E-state index in [1.165, 1.54) is 0 Å². The van der Waals surface area contributed by atoms with Gasteiger partial charge in [0.2, 0.25) is 6.08 Å². The summed E-state index contributed by atoms with van der Waals surface area (Å²) >= 11 is 0. The first-order valence-corrected chi connectivity index (χ1v) is 3.14. The van der Waals surface area contributed by atoms with Gasteiger partial charge in [0.25, 0.3) is 0 Å². The molecule has 0 fully saturated rings. The van der Waals surface area contributed by atoms with Crippen molar-refractivity contribution in [1.29, 1.82) is 5.41 Å². The number of nitrogens with one attached hydrogen (secondary N) is 1. The Labute approximate surface area is 45.6 Å². The van der Waals surface area contributed by atoms with Gasteiger partial charge >= 0.3 is 9.05 Å². The molecule has 5 N–H and O–H groups in total. The van der Waals surface area contributed by atoms with Crippen LogP contribution in [0.25, 0.3) is 0 Å². The average Bonchev–Trinajstić information content (AvgIpc) is 1.27. The molecule has 0 aliphatic carbocycles. The molecular formula is CH5NO5Si. The average molecular weight is 139 g/mol. The molecular weight excluding hydrogens is 134 g/mol. The molecule has 0 amide bonds. The molecule has 0 aliphatic rings. The second-order valence-electron chi connectivity index (χ2n) is 0.702. The summed E-state index contributed by atoms with van der Waals surface area (Å²) in [6.07, 6.45) is 0.750. The second-order valence-corrected chi connectivity index (χ2v) is 1.90. The van der Waals surface area contributed by atoms with Crippen LogP contribution in [0.2, 0.25) is 0 Å². The van der Waals surface area contributed by atoms with Crippen LogP contribution in [-0.2, 0) is 4.79 Å². The van der Waals surface area contributed by atoms with Crippen LogP contribution in [0.1, 0.15) is 0 Å². The minimum absolute atomic E-state index is 0.750. The first kappa shape index (κ1) is 10.4. The molecule has 0 heterocycles. The molecule has 0 spiro atoms. The summed E-state index contributed by atoms with van der Waals surface area (Å²) in [5.41, 5.74) is 0. The largest absolute Gasteiger partial charge is 0.668 e. The van der Waals surface area contributed by atoms with Crippen LogP contribution in [-0.4, -0.2) is 34.3 Å². The monoisotopic (exact) mass is 139 g/mol. The molecule has 0 atom stereocenters. The van der Waals surface area contributed by atoms with Gasteiger partial charge in [-0.25, -0.2) is 10.2 Å². The third kappa shape index (κ3) is 338. The highest BCUT2D eigenvalue weighted by Gasteiger charge is 2.22. The third-order valence-electron chi connectivity index (χ3n) is 0. The van der Waals surface area contributed by atoms with Crippen molar-refractivity contribution >= 4 is 15.1 Å². The highest BCUT2D eigenvalue weighted by atomic mass is 28.4. The molecule has 0 rings (SSSR count). The van der Waals surface area contributed by atoms with Crippen LogP contribution < -0.4 is 0 Å². The lowest BCUT2D eigenvalue weighted by Gasteiger charge is -1.91. The summed E-state index contributed by atoms with van der Waals surface area (Å²) in [5, 5.41) is 5.40. The van der Waals surface area contributed by atoms with E-state index in [1.54, 1.807) is 0 Å². The summed E-state index contributed by atoms with van der Waals surface area (Å²) in [6.45, 7) is 0. The lowest BCUT2D eigenvalue weighted by Crippen LogP contribution is -2.33. The van der Waals surface area contributed by atoms with Gasteiger partial charge in [-0.3, -0.25) is 0 Å². The second kappa shape index (κ2) is 4.59. The van der Waals surface area contributed by atoms with Crippen LogP contribution in [0.3, 0.4) is 0 Å². The molecule has 7 heteroatoms. The van der Waals surface area contributed by atoms with Crippen molar-refractivity contribution in [3.63, 3.8) is 0 Å². The van der Waals surface area contributed by atoms with Crippen LogP contribution in [0.4, 0.5) is 0 Å². The lowest BCUT2D eigenvalue weighted by molar-refractivity contribution is 0.117. The zero-order valence-electron chi connectivity index (χ0n) is 3.70. The third-order valence-corrected chi connectivity index (χ3v) is 0. The Morgan fingerprint density at radius 3 is 1.25 bits per heavy atom. The Morgan fingerprint density at radius 1 is 1.25 bits per heavy atom. The summed E-state index contributed by atoms with van der Waals surface area (Å²) < 4.78 is 0. The normalized spacial score (nSPS) is 8.50. The van der Waals surface area contributed by atoms with Gasteiger partial charge in [0.15, 0.2) is 0 Å². The fourth-order valence-electron chi connectivity index (χ4n) is 0. The van der Waals surface area contributed by atoms with E-state index in [-0.39, 0.29) is 0 Å². The van der Waals surface area contributed by atoms with E-state index >= 15 is 0 Å². The summed E-state index contributed by atoms with van der Waals surface area (Å²) in [4.78, 5) is 37.7. The number of isocyanates is 1. The molecule has 0 saturated carbocycles. The fourth-order valence-corrected chi connectivity index (χ4v) is 0. The molecule has 0 saturated heterocycles. The van der Waals surface area contributed by atoms with E-state index in [2.05, 4.69) is 0 Å². The minimum Gasteiger partial charge on any atom is -0.368 e. The molecule has 8 heavy (non-hydrogen) atoms. The quantitative estimate of drug-likeness (QED) is 0.142. The first-order valence-electron chi connectivity index (χ1n) is 1.35. The van der Waals surface area contributed by atoms with Gasteiger partial charge in [-0.1, -0.05) is 0 Å². The maximum absolute atomic E-state index is 8.35. The van der Waals surface area contributed by atoms with E-state index in [0.717, 1.165) is 6.08 Å². The van der Waals surface area contributed by atoms with Gasteiger partial charge in [-0.05, 0) is 0 Å². The van der Waals surface area contributed by atoms with E-state index < -0.39 is 9.05 Å². The van der Waals surface area contributed by atoms with Crippen molar-refractivity contribution in [2.45, 2.75) is 0 Å². The number of hydrogen-bond donors (Lipinski definition) is 5. The van der Waals surface area contributed by atoms with Crippen molar-refractivity contribution in [2.75, 3.05) is 0 Å². The van der Waals surface area contributed by atoms with Crippen molar-refractivity contribution < 1.29 is 24.0 Å². The van der Waals surface area contributed by atoms with Gasteiger partial charge in [0.1, 0.15) is 0 Å². The topological polar surface area (TPSA) is 122 Å². The Hall–Kier alpha value is -0.563. The Morgan fingerprint density at radius 2 is 1.25 bits per heavy atom. The molecule has 0 unspecified atom stereocenters. The van der Waals surface area contributed by atoms with Gasteiger partial charge in [-0.15, -0.1) is 0 Å². The predicted molar refractivity (Wildman–Crippen MR) is 23.0 cm³/mol. The van der Waals surface area contributed by atoms with Gasteiger partial charge in [-0.2, -0.15) is 0 Å². The molecule has 0 aromatic rings. The van der Waals surface area contributed by atoms with E-state index in [0.29, 0.717) is 0 Å².